The van der Waals surface area contributed by atoms with E-state index in [1.807, 2.05) is 30.3 Å². The lowest BCUT2D eigenvalue weighted by atomic mass is 10.1. The van der Waals surface area contributed by atoms with Gasteiger partial charge in [0.1, 0.15) is 12.4 Å². The van der Waals surface area contributed by atoms with Crippen LogP contribution in [-0.2, 0) is 4.74 Å². The summed E-state index contributed by atoms with van der Waals surface area (Å²) in [7, 11) is 0. The number of hydrogen-bond acceptors (Lipinski definition) is 6. The molecule has 1 aromatic heterocycles. The molecule has 0 spiro atoms. The van der Waals surface area contributed by atoms with E-state index in [0.717, 1.165) is 15.6 Å². The lowest BCUT2D eigenvalue weighted by molar-refractivity contribution is 0.0348. The van der Waals surface area contributed by atoms with Gasteiger partial charge in [0.2, 0.25) is 0 Å². The summed E-state index contributed by atoms with van der Waals surface area (Å²) in [5, 5.41) is 10.1. The Morgan fingerprint density at radius 1 is 1.12 bits per heavy atom. The van der Waals surface area contributed by atoms with Gasteiger partial charge < -0.3 is 14.6 Å². The number of aryl methyl sites for hydroxylation is 2. The van der Waals surface area contributed by atoms with Gasteiger partial charge in [-0.2, -0.15) is 0 Å². The van der Waals surface area contributed by atoms with Crippen LogP contribution in [0.1, 0.15) is 11.1 Å². The maximum Gasteiger partial charge on any atom is 0.151 e. The van der Waals surface area contributed by atoms with Crippen molar-refractivity contribution in [1.82, 2.24) is 4.98 Å². The van der Waals surface area contributed by atoms with Crippen molar-refractivity contribution in [3.63, 3.8) is 0 Å². The van der Waals surface area contributed by atoms with Crippen molar-refractivity contribution in [2.24, 2.45) is 0 Å². The minimum absolute atomic E-state index is 0.300. The molecule has 1 N–H and O–H groups in total. The van der Waals surface area contributed by atoms with E-state index < -0.39 is 6.10 Å². The summed E-state index contributed by atoms with van der Waals surface area (Å²) in [6.07, 6.45) is -0.520. The number of fused-ring (bicyclic) bond motifs is 1. The van der Waals surface area contributed by atoms with Crippen molar-refractivity contribution >= 4 is 33.3 Å². The van der Waals surface area contributed by atoms with E-state index in [1.54, 1.807) is 23.1 Å². The number of benzene rings is 2. The standard InChI is InChI=1S/C20H23NO3S2/c1-14-7-8-17(11-15(14)2)24-10-9-23-12-16(22)13-25-20-21-18-5-3-4-6-19(18)26-20/h3-8,11,16,22H,9-10,12-13H2,1-2H3. The number of aliphatic hydroxyl groups excluding tert-OH is 1. The van der Waals surface area contributed by atoms with Crippen molar-refractivity contribution < 1.29 is 14.6 Å². The van der Waals surface area contributed by atoms with Crippen LogP contribution in [0.15, 0.2) is 46.8 Å². The predicted molar refractivity (Wildman–Crippen MR) is 109 cm³/mol. The summed E-state index contributed by atoms with van der Waals surface area (Å²) in [6.45, 7) is 5.37. The van der Waals surface area contributed by atoms with Crippen LogP contribution >= 0.6 is 23.1 Å². The lowest BCUT2D eigenvalue weighted by Gasteiger charge is -2.11. The van der Waals surface area contributed by atoms with Crippen LogP contribution in [0, 0.1) is 13.8 Å². The van der Waals surface area contributed by atoms with Crippen LogP contribution in [0.4, 0.5) is 0 Å². The maximum absolute atomic E-state index is 10.1. The van der Waals surface area contributed by atoms with E-state index in [0.29, 0.717) is 25.6 Å². The summed E-state index contributed by atoms with van der Waals surface area (Å²) in [5.74, 6) is 1.42. The number of para-hydroxylation sites is 1. The van der Waals surface area contributed by atoms with E-state index in [2.05, 4.69) is 31.0 Å². The highest BCUT2D eigenvalue weighted by molar-refractivity contribution is 8.01. The SMILES string of the molecule is Cc1ccc(OCCOCC(O)CSc2nc3ccccc3s2)cc1C. The Kier molecular flexibility index (Phi) is 6.91. The van der Waals surface area contributed by atoms with Crippen LogP contribution in [-0.4, -0.2) is 41.8 Å². The van der Waals surface area contributed by atoms with Crippen LogP contribution in [0.25, 0.3) is 10.2 Å². The third-order valence-corrected chi connectivity index (χ3v) is 6.28. The number of ether oxygens (including phenoxy) is 2. The fourth-order valence-electron chi connectivity index (χ4n) is 2.37. The molecule has 1 atom stereocenters. The fourth-order valence-corrected chi connectivity index (χ4v) is 4.37. The first kappa shape index (κ1) is 19.2. The topological polar surface area (TPSA) is 51.6 Å². The zero-order chi connectivity index (χ0) is 18.4. The van der Waals surface area contributed by atoms with Gasteiger partial charge in [0, 0.05) is 5.75 Å². The molecule has 0 fully saturated rings. The number of thiazole rings is 1. The Morgan fingerprint density at radius 3 is 2.77 bits per heavy atom. The van der Waals surface area contributed by atoms with Crippen molar-refractivity contribution in [2.45, 2.75) is 24.3 Å². The average molecular weight is 390 g/mol. The summed E-state index contributed by atoms with van der Waals surface area (Å²) in [4.78, 5) is 4.55. The number of aliphatic hydroxyl groups is 1. The second-order valence-electron chi connectivity index (χ2n) is 6.08. The van der Waals surface area contributed by atoms with Crippen LogP contribution < -0.4 is 4.74 Å². The zero-order valence-electron chi connectivity index (χ0n) is 15.0. The molecule has 0 aliphatic rings. The van der Waals surface area contributed by atoms with Gasteiger partial charge in [-0.3, -0.25) is 0 Å². The summed E-state index contributed by atoms with van der Waals surface area (Å²) >= 11 is 3.21. The van der Waals surface area contributed by atoms with Crippen molar-refractivity contribution in [1.29, 1.82) is 0 Å². The molecule has 4 nitrogen and oxygen atoms in total. The zero-order valence-corrected chi connectivity index (χ0v) is 16.6. The van der Waals surface area contributed by atoms with Gasteiger partial charge in [-0.1, -0.05) is 30.0 Å². The molecule has 3 aromatic rings. The molecule has 3 rings (SSSR count). The molecule has 0 aliphatic carbocycles. The maximum atomic E-state index is 10.1. The molecule has 0 amide bonds. The van der Waals surface area contributed by atoms with Crippen molar-refractivity contribution in [2.75, 3.05) is 25.6 Å². The summed E-state index contributed by atoms with van der Waals surface area (Å²) < 4.78 is 13.3. The van der Waals surface area contributed by atoms with Gasteiger partial charge in [-0.05, 0) is 49.2 Å². The smallest absolute Gasteiger partial charge is 0.151 e. The molecule has 1 heterocycles. The third-order valence-electron chi connectivity index (χ3n) is 3.96. The minimum atomic E-state index is -0.520. The number of nitrogens with zero attached hydrogens (tertiary/aromatic N) is 1. The molecule has 0 bridgehead atoms. The Bertz CT molecular complexity index is 817. The molecule has 2 aromatic carbocycles. The van der Waals surface area contributed by atoms with E-state index in [1.165, 1.54) is 15.8 Å². The molecular weight excluding hydrogens is 366 g/mol. The molecule has 0 saturated carbocycles. The Balaban J connectivity index is 1.32. The molecule has 138 valence electrons. The van der Waals surface area contributed by atoms with Crippen LogP contribution in [0.2, 0.25) is 0 Å². The van der Waals surface area contributed by atoms with Gasteiger partial charge in [0.05, 0.1) is 29.5 Å². The second kappa shape index (κ2) is 9.37. The molecule has 6 heteroatoms. The molecule has 0 aliphatic heterocycles. The third kappa shape index (κ3) is 5.45. The van der Waals surface area contributed by atoms with Gasteiger partial charge in [-0.25, -0.2) is 4.98 Å². The largest absolute Gasteiger partial charge is 0.491 e. The average Bonchev–Trinajstić information content (AvgIpc) is 3.05. The van der Waals surface area contributed by atoms with Gasteiger partial charge in [-0.15, -0.1) is 11.3 Å². The van der Waals surface area contributed by atoms with Gasteiger partial charge >= 0.3 is 0 Å². The highest BCUT2D eigenvalue weighted by Gasteiger charge is 2.09. The monoisotopic (exact) mass is 389 g/mol. The first-order valence-corrected chi connectivity index (χ1v) is 10.4. The Hall–Kier alpha value is -1.60. The summed E-state index contributed by atoms with van der Waals surface area (Å²) in [6, 6.07) is 14.1. The number of rotatable bonds is 9. The van der Waals surface area contributed by atoms with E-state index in [-0.39, 0.29) is 0 Å². The summed E-state index contributed by atoms with van der Waals surface area (Å²) in [5.41, 5.74) is 3.47. The van der Waals surface area contributed by atoms with Crippen LogP contribution in [0.5, 0.6) is 5.75 Å². The van der Waals surface area contributed by atoms with Crippen LogP contribution in [0.3, 0.4) is 0 Å². The number of hydrogen-bond donors (Lipinski definition) is 1. The Morgan fingerprint density at radius 2 is 1.96 bits per heavy atom. The second-order valence-corrected chi connectivity index (χ2v) is 8.38. The minimum Gasteiger partial charge on any atom is -0.491 e. The quantitative estimate of drug-likeness (QED) is 0.432. The lowest BCUT2D eigenvalue weighted by Crippen LogP contribution is -2.20. The molecule has 0 saturated heterocycles. The highest BCUT2D eigenvalue weighted by atomic mass is 32.2. The van der Waals surface area contributed by atoms with Gasteiger partial charge in [0.25, 0.3) is 0 Å². The van der Waals surface area contributed by atoms with E-state index in [4.69, 9.17) is 9.47 Å². The number of aromatic nitrogens is 1. The molecular formula is C20H23NO3S2. The highest BCUT2D eigenvalue weighted by Crippen LogP contribution is 2.29. The van der Waals surface area contributed by atoms with Gasteiger partial charge in [0.15, 0.2) is 4.34 Å². The predicted octanol–water partition coefficient (Wildman–Crippen LogP) is 4.46. The fraction of sp³-hybridized carbons (Fsp3) is 0.350. The number of thioether (sulfide) groups is 1. The first-order valence-electron chi connectivity index (χ1n) is 8.56. The van der Waals surface area contributed by atoms with Crippen molar-refractivity contribution in [3.8, 4) is 5.75 Å². The normalized spacial score (nSPS) is 12.4. The van der Waals surface area contributed by atoms with Crippen molar-refractivity contribution in [3.05, 3.63) is 53.6 Å². The molecule has 1 unspecified atom stereocenters. The molecule has 0 radical (unpaired) electrons. The first-order chi connectivity index (χ1) is 12.6. The van der Waals surface area contributed by atoms with E-state index in [9.17, 15) is 5.11 Å². The van der Waals surface area contributed by atoms with E-state index >= 15 is 0 Å². The Labute approximate surface area is 162 Å². The molecule has 26 heavy (non-hydrogen) atoms.